The molecule has 0 aromatic carbocycles. The van der Waals surface area contributed by atoms with Crippen molar-refractivity contribution in [2.45, 2.75) is 19.9 Å². The Morgan fingerprint density at radius 1 is 1.24 bits per heavy atom. The van der Waals surface area contributed by atoms with Crippen LogP contribution >= 0.6 is 0 Å². The Morgan fingerprint density at radius 2 is 1.90 bits per heavy atom. The van der Waals surface area contributed by atoms with E-state index in [2.05, 4.69) is 0 Å². The second-order valence-electron chi connectivity index (χ2n) is 5.79. The molecule has 2 rings (SSSR count). The van der Waals surface area contributed by atoms with Gasteiger partial charge in [-0.05, 0) is 18.1 Å². The summed E-state index contributed by atoms with van der Waals surface area (Å²) in [6.45, 7) is 4.75. The van der Waals surface area contributed by atoms with Crippen molar-refractivity contribution in [2.75, 3.05) is 20.1 Å². The van der Waals surface area contributed by atoms with Gasteiger partial charge in [-0.25, -0.2) is 0 Å². The summed E-state index contributed by atoms with van der Waals surface area (Å²) in [5.74, 6) is -0.439. The minimum atomic E-state index is -0.513. The standard InChI is InChI=1S/C15H21N3O3/c1-10(2)12-15(21)17(4)8-9-18(12)14(20)11-6-5-7-16(3)13(11)19/h5-7,10,12H,8-9H2,1-4H3/t12-/m0/s1. The number of nitrogens with zero attached hydrogens (tertiary/aromatic N) is 3. The maximum atomic E-state index is 12.7. The van der Waals surface area contributed by atoms with Crippen molar-refractivity contribution in [3.8, 4) is 0 Å². The van der Waals surface area contributed by atoms with Crippen LogP contribution < -0.4 is 5.56 Å². The first-order valence-electron chi connectivity index (χ1n) is 7.06. The molecule has 21 heavy (non-hydrogen) atoms. The molecule has 1 atom stereocenters. The monoisotopic (exact) mass is 291 g/mol. The van der Waals surface area contributed by atoms with Crippen molar-refractivity contribution in [1.82, 2.24) is 14.4 Å². The van der Waals surface area contributed by atoms with Crippen LogP contribution in [0.5, 0.6) is 0 Å². The third-order valence-electron chi connectivity index (χ3n) is 3.89. The predicted molar refractivity (Wildman–Crippen MR) is 79.0 cm³/mol. The number of rotatable bonds is 2. The number of hydrogen-bond acceptors (Lipinski definition) is 3. The molecule has 2 heterocycles. The molecule has 0 radical (unpaired) electrons. The van der Waals surface area contributed by atoms with Gasteiger partial charge in [0.25, 0.3) is 11.5 Å². The van der Waals surface area contributed by atoms with Crippen molar-refractivity contribution in [2.24, 2.45) is 13.0 Å². The Bertz CT molecular complexity index is 621. The second kappa shape index (κ2) is 5.71. The molecule has 6 heteroatoms. The summed E-state index contributed by atoms with van der Waals surface area (Å²) in [7, 11) is 3.34. The molecular formula is C15H21N3O3. The Kier molecular flexibility index (Phi) is 4.16. The normalized spacial score (nSPS) is 19.3. The van der Waals surface area contributed by atoms with Crippen molar-refractivity contribution < 1.29 is 9.59 Å². The van der Waals surface area contributed by atoms with Crippen LogP contribution in [0.1, 0.15) is 24.2 Å². The molecule has 1 aromatic heterocycles. The summed E-state index contributed by atoms with van der Waals surface area (Å²) in [4.78, 5) is 40.3. The third-order valence-corrected chi connectivity index (χ3v) is 3.89. The second-order valence-corrected chi connectivity index (χ2v) is 5.79. The van der Waals surface area contributed by atoms with Crippen LogP contribution in [0.4, 0.5) is 0 Å². The maximum absolute atomic E-state index is 12.7. The molecule has 114 valence electrons. The van der Waals surface area contributed by atoms with E-state index >= 15 is 0 Å². The number of amides is 2. The summed E-state index contributed by atoms with van der Waals surface area (Å²) in [6, 6.07) is 2.67. The van der Waals surface area contributed by atoms with Crippen LogP contribution in [0.3, 0.4) is 0 Å². The summed E-state index contributed by atoms with van der Waals surface area (Å²) in [5, 5.41) is 0. The number of likely N-dealkylation sites (N-methyl/N-ethyl adjacent to an activating group) is 1. The number of carbonyl (C=O) groups excluding carboxylic acids is 2. The van der Waals surface area contributed by atoms with E-state index in [0.717, 1.165) is 0 Å². The predicted octanol–water partition coefficient (Wildman–Crippen LogP) is 0.324. The molecule has 0 unspecified atom stereocenters. The number of pyridine rings is 1. The lowest BCUT2D eigenvalue weighted by atomic mass is 9.98. The third kappa shape index (κ3) is 2.70. The molecule has 1 fully saturated rings. The molecule has 0 aliphatic carbocycles. The highest BCUT2D eigenvalue weighted by atomic mass is 16.2. The van der Waals surface area contributed by atoms with Gasteiger partial charge in [-0.15, -0.1) is 0 Å². The quantitative estimate of drug-likeness (QED) is 0.788. The molecule has 0 saturated carbocycles. The lowest BCUT2D eigenvalue weighted by Gasteiger charge is -2.41. The van der Waals surface area contributed by atoms with E-state index in [1.54, 1.807) is 31.3 Å². The zero-order valence-electron chi connectivity index (χ0n) is 12.9. The summed E-state index contributed by atoms with van der Waals surface area (Å²) in [6.07, 6.45) is 1.61. The van der Waals surface area contributed by atoms with Gasteiger partial charge in [-0.3, -0.25) is 14.4 Å². The van der Waals surface area contributed by atoms with Gasteiger partial charge in [0.2, 0.25) is 5.91 Å². The Labute approximate surface area is 124 Å². The minimum Gasteiger partial charge on any atom is -0.342 e. The molecule has 1 aliphatic rings. The summed E-state index contributed by atoms with van der Waals surface area (Å²) >= 11 is 0. The highest BCUT2D eigenvalue weighted by molar-refractivity contribution is 5.98. The fourth-order valence-corrected chi connectivity index (χ4v) is 2.65. The highest BCUT2D eigenvalue weighted by Crippen LogP contribution is 2.19. The van der Waals surface area contributed by atoms with Gasteiger partial charge in [-0.1, -0.05) is 13.8 Å². The molecule has 1 aromatic rings. The van der Waals surface area contributed by atoms with Gasteiger partial charge in [0.15, 0.2) is 0 Å². The average Bonchev–Trinajstić information content (AvgIpc) is 2.43. The van der Waals surface area contributed by atoms with E-state index in [9.17, 15) is 14.4 Å². The smallest absolute Gasteiger partial charge is 0.263 e. The largest absolute Gasteiger partial charge is 0.342 e. The van der Waals surface area contributed by atoms with Crippen LogP contribution in [0, 0.1) is 5.92 Å². The molecule has 0 bridgehead atoms. The number of carbonyl (C=O) groups is 2. The Balaban J connectivity index is 2.39. The summed E-state index contributed by atoms with van der Waals surface area (Å²) < 4.78 is 1.37. The molecule has 0 spiro atoms. The first-order chi connectivity index (χ1) is 9.84. The Hall–Kier alpha value is -2.11. The lowest BCUT2D eigenvalue weighted by molar-refractivity contribution is -0.140. The molecule has 1 saturated heterocycles. The molecule has 2 amide bonds. The first-order valence-corrected chi connectivity index (χ1v) is 7.06. The fraction of sp³-hybridized carbons (Fsp3) is 0.533. The van der Waals surface area contributed by atoms with E-state index in [1.165, 1.54) is 15.5 Å². The van der Waals surface area contributed by atoms with Gasteiger partial charge in [0.1, 0.15) is 11.6 Å². The van der Waals surface area contributed by atoms with E-state index in [0.29, 0.717) is 13.1 Å². The fourth-order valence-electron chi connectivity index (χ4n) is 2.65. The van der Waals surface area contributed by atoms with E-state index in [4.69, 9.17) is 0 Å². The summed E-state index contributed by atoms with van der Waals surface area (Å²) in [5.41, 5.74) is -0.223. The van der Waals surface area contributed by atoms with E-state index in [1.807, 2.05) is 13.8 Å². The van der Waals surface area contributed by atoms with Crippen molar-refractivity contribution in [1.29, 1.82) is 0 Å². The van der Waals surface area contributed by atoms with Gasteiger partial charge >= 0.3 is 0 Å². The number of aryl methyl sites for hydroxylation is 1. The van der Waals surface area contributed by atoms with Crippen LogP contribution in [0.2, 0.25) is 0 Å². The Morgan fingerprint density at radius 3 is 2.52 bits per heavy atom. The number of aromatic nitrogens is 1. The number of hydrogen-bond donors (Lipinski definition) is 0. The zero-order chi connectivity index (χ0) is 15.7. The first kappa shape index (κ1) is 15.3. The molecule has 1 aliphatic heterocycles. The van der Waals surface area contributed by atoms with Gasteiger partial charge in [0.05, 0.1) is 0 Å². The van der Waals surface area contributed by atoms with Crippen LogP contribution in [0.25, 0.3) is 0 Å². The van der Waals surface area contributed by atoms with E-state index in [-0.39, 0.29) is 28.9 Å². The van der Waals surface area contributed by atoms with Crippen molar-refractivity contribution in [3.05, 3.63) is 34.2 Å². The topological polar surface area (TPSA) is 62.6 Å². The van der Waals surface area contributed by atoms with Gasteiger partial charge in [-0.2, -0.15) is 0 Å². The molecule has 6 nitrogen and oxygen atoms in total. The zero-order valence-corrected chi connectivity index (χ0v) is 12.9. The lowest BCUT2D eigenvalue weighted by Crippen LogP contribution is -2.60. The average molecular weight is 291 g/mol. The van der Waals surface area contributed by atoms with Crippen LogP contribution in [-0.4, -0.2) is 52.4 Å². The van der Waals surface area contributed by atoms with E-state index < -0.39 is 6.04 Å². The van der Waals surface area contributed by atoms with Crippen molar-refractivity contribution >= 4 is 11.8 Å². The SMILES string of the molecule is CC(C)[C@H]1C(=O)N(C)CCN1C(=O)c1cccn(C)c1=O. The molecular weight excluding hydrogens is 270 g/mol. The number of piperazine rings is 1. The van der Waals surface area contributed by atoms with Gasteiger partial charge < -0.3 is 14.4 Å². The maximum Gasteiger partial charge on any atom is 0.263 e. The van der Waals surface area contributed by atoms with Crippen molar-refractivity contribution in [3.63, 3.8) is 0 Å². The van der Waals surface area contributed by atoms with Gasteiger partial charge in [0, 0.05) is 33.4 Å². The minimum absolute atomic E-state index is 0.00300. The molecule has 0 N–H and O–H groups in total. The van der Waals surface area contributed by atoms with Crippen LogP contribution in [-0.2, 0) is 11.8 Å². The van der Waals surface area contributed by atoms with Crippen LogP contribution in [0.15, 0.2) is 23.1 Å². The highest BCUT2D eigenvalue weighted by Gasteiger charge is 2.38.